The zero-order chi connectivity index (χ0) is 10.4. The molecule has 14 heavy (non-hydrogen) atoms. The predicted molar refractivity (Wildman–Crippen MR) is 60.8 cm³/mol. The summed E-state index contributed by atoms with van der Waals surface area (Å²) in [6.07, 6.45) is 3.48. The Kier molecular flexibility index (Phi) is 4.82. The summed E-state index contributed by atoms with van der Waals surface area (Å²) in [5.74, 6) is 0.860. The third-order valence-electron chi connectivity index (χ3n) is 2.04. The summed E-state index contributed by atoms with van der Waals surface area (Å²) in [4.78, 5) is 6.47. The monoisotopic (exact) mass is 214 g/mol. The van der Waals surface area contributed by atoms with Gasteiger partial charge in [0.15, 0.2) is 0 Å². The van der Waals surface area contributed by atoms with E-state index in [1.165, 1.54) is 24.4 Å². The molecule has 2 N–H and O–H groups in total. The lowest BCUT2D eigenvalue weighted by atomic mass is 10.2. The van der Waals surface area contributed by atoms with E-state index in [4.69, 9.17) is 5.73 Å². The van der Waals surface area contributed by atoms with Crippen LogP contribution in [0.15, 0.2) is 0 Å². The lowest BCUT2D eigenvalue weighted by Gasteiger charge is -2.14. The number of rotatable bonds is 6. The molecule has 4 nitrogen and oxygen atoms in total. The normalized spacial score (nSPS) is 10.5. The SMILES string of the molecule is Cc1nsc(N(C)CCCCCN)n1. The van der Waals surface area contributed by atoms with Crippen LogP contribution < -0.4 is 10.6 Å². The van der Waals surface area contributed by atoms with Crippen LogP contribution >= 0.6 is 11.5 Å². The van der Waals surface area contributed by atoms with E-state index >= 15 is 0 Å². The van der Waals surface area contributed by atoms with Crippen LogP contribution in [-0.4, -0.2) is 29.5 Å². The Morgan fingerprint density at radius 3 is 2.71 bits per heavy atom. The third-order valence-corrected chi connectivity index (χ3v) is 2.96. The zero-order valence-electron chi connectivity index (χ0n) is 8.86. The maximum absolute atomic E-state index is 5.43. The Bertz CT molecular complexity index is 261. The minimum atomic E-state index is 0.793. The maximum atomic E-state index is 5.43. The first-order valence-electron chi connectivity index (χ1n) is 4.95. The fourth-order valence-electron chi connectivity index (χ4n) is 1.21. The number of hydrogen-bond acceptors (Lipinski definition) is 5. The average molecular weight is 214 g/mol. The molecule has 1 rings (SSSR count). The van der Waals surface area contributed by atoms with E-state index in [1.54, 1.807) is 0 Å². The second kappa shape index (κ2) is 5.93. The highest BCUT2D eigenvalue weighted by Crippen LogP contribution is 2.15. The van der Waals surface area contributed by atoms with Crippen molar-refractivity contribution in [2.45, 2.75) is 26.2 Å². The summed E-state index contributed by atoms with van der Waals surface area (Å²) in [6, 6.07) is 0. The molecule has 0 aliphatic carbocycles. The van der Waals surface area contributed by atoms with E-state index in [0.717, 1.165) is 30.5 Å². The van der Waals surface area contributed by atoms with Crippen LogP contribution in [0.5, 0.6) is 0 Å². The van der Waals surface area contributed by atoms with Crippen LogP contribution in [0, 0.1) is 6.92 Å². The second-order valence-electron chi connectivity index (χ2n) is 3.40. The van der Waals surface area contributed by atoms with Gasteiger partial charge in [-0.25, -0.2) is 4.98 Å². The van der Waals surface area contributed by atoms with Crippen molar-refractivity contribution in [1.29, 1.82) is 0 Å². The molecule has 0 atom stereocenters. The molecule has 0 saturated carbocycles. The zero-order valence-corrected chi connectivity index (χ0v) is 9.68. The summed E-state index contributed by atoms with van der Waals surface area (Å²) in [5, 5.41) is 1.01. The summed E-state index contributed by atoms with van der Waals surface area (Å²) in [7, 11) is 2.06. The van der Waals surface area contributed by atoms with Crippen LogP contribution in [0.4, 0.5) is 5.13 Å². The van der Waals surface area contributed by atoms with Gasteiger partial charge in [0.1, 0.15) is 5.82 Å². The molecule has 0 saturated heterocycles. The molecule has 0 bridgehead atoms. The van der Waals surface area contributed by atoms with Crippen molar-refractivity contribution >= 4 is 16.7 Å². The molecular weight excluding hydrogens is 196 g/mol. The highest BCUT2D eigenvalue weighted by atomic mass is 32.1. The van der Waals surface area contributed by atoms with Gasteiger partial charge >= 0.3 is 0 Å². The smallest absolute Gasteiger partial charge is 0.204 e. The number of unbranched alkanes of at least 4 members (excludes halogenated alkanes) is 2. The summed E-state index contributed by atoms with van der Waals surface area (Å²) < 4.78 is 4.15. The topological polar surface area (TPSA) is 55.0 Å². The number of anilines is 1. The highest BCUT2D eigenvalue weighted by molar-refractivity contribution is 7.09. The first-order valence-corrected chi connectivity index (χ1v) is 5.73. The Balaban J connectivity index is 2.25. The second-order valence-corrected chi connectivity index (χ2v) is 4.13. The molecule has 5 heteroatoms. The molecule has 0 aliphatic heterocycles. The Hall–Kier alpha value is -0.680. The fraction of sp³-hybridized carbons (Fsp3) is 0.778. The van der Waals surface area contributed by atoms with Crippen molar-refractivity contribution in [3.05, 3.63) is 5.82 Å². The number of aromatic nitrogens is 2. The molecule has 0 spiro atoms. The van der Waals surface area contributed by atoms with E-state index in [9.17, 15) is 0 Å². The molecular formula is C9H18N4S. The van der Waals surface area contributed by atoms with Gasteiger partial charge in [0, 0.05) is 25.1 Å². The van der Waals surface area contributed by atoms with Crippen LogP contribution in [0.3, 0.4) is 0 Å². The van der Waals surface area contributed by atoms with Gasteiger partial charge in [-0.15, -0.1) is 0 Å². The summed E-state index contributed by atoms with van der Waals surface area (Å²) in [6.45, 7) is 3.75. The molecule has 0 fully saturated rings. The van der Waals surface area contributed by atoms with Gasteiger partial charge in [0.05, 0.1) is 0 Å². The average Bonchev–Trinajstić information content (AvgIpc) is 2.59. The highest BCUT2D eigenvalue weighted by Gasteiger charge is 2.05. The Morgan fingerprint density at radius 1 is 1.36 bits per heavy atom. The largest absolute Gasteiger partial charge is 0.350 e. The van der Waals surface area contributed by atoms with Gasteiger partial charge in [-0.05, 0) is 26.3 Å². The minimum Gasteiger partial charge on any atom is -0.350 e. The van der Waals surface area contributed by atoms with Crippen molar-refractivity contribution in [2.24, 2.45) is 5.73 Å². The van der Waals surface area contributed by atoms with Crippen molar-refractivity contribution in [2.75, 3.05) is 25.0 Å². The lowest BCUT2D eigenvalue weighted by molar-refractivity contribution is 0.678. The number of aryl methyl sites for hydroxylation is 1. The van der Waals surface area contributed by atoms with Gasteiger partial charge in [0.25, 0.3) is 0 Å². The Morgan fingerprint density at radius 2 is 2.14 bits per heavy atom. The number of nitrogens with two attached hydrogens (primary N) is 1. The van der Waals surface area contributed by atoms with Crippen molar-refractivity contribution in [3.8, 4) is 0 Å². The molecule has 1 heterocycles. The summed E-state index contributed by atoms with van der Waals surface area (Å²) in [5.41, 5.74) is 5.43. The van der Waals surface area contributed by atoms with Crippen molar-refractivity contribution in [3.63, 3.8) is 0 Å². The van der Waals surface area contributed by atoms with Crippen LogP contribution in [0.2, 0.25) is 0 Å². The van der Waals surface area contributed by atoms with Crippen molar-refractivity contribution < 1.29 is 0 Å². The molecule has 0 aromatic carbocycles. The Labute approximate surface area is 89.3 Å². The standard InChI is InChI=1S/C9H18N4S/c1-8-11-9(14-12-8)13(2)7-5-3-4-6-10/h3-7,10H2,1-2H3. The van der Waals surface area contributed by atoms with Gasteiger partial charge in [-0.2, -0.15) is 4.37 Å². The first-order chi connectivity index (χ1) is 6.74. The minimum absolute atomic E-state index is 0.793. The molecule has 80 valence electrons. The molecule has 1 aromatic heterocycles. The van der Waals surface area contributed by atoms with E-state index in [-0.39, 0.29) is 0 Å². The first kappa shape index (κ1) is 11.4. The van der Waals surface area contributed by atoms with E-state index in [1.807, 2.05) is 6.92 Å². The van der Waals surface area contributed by atoms with E-state index < -0.39 is 0 Å². The lowest BCUT2D eigenvalue weighted by Crippen LogP contribution is -2.18. The van der Waals surface area contributed by atoms with Gasteiger partial charge < -0.3 is 10.6 Å². The van der Waals surface area contributed by atoms with E-state index in [0.29, 0.717) is 0 Å². The van der Waals surface area contributed by atoms with Crippen molar-refractivity contribution in [1.82, 2.24) is 9.36 Å². The number of nitrogens with zero attached hydrogens (tertiary/aromatic N) is 3. The van der Waals surface area contributed by atoms with Gasteiger partial charge in [-0.1, -0.05) is 6.42 Å². The molecule has 0 amide bonds. The maximum Gasteiger partial charge on any atom is 0.204 e. The van der Waals surface area contributed by atoms with Crippen LogP contribution in [0.25, 0.3) is 0 Å². The van der Waals surface area contributed by atoms with Crippen LogP contribution in [-0.2, 0) is 0 Å². The van der Waals surface area contributed by atoms with Gasteiger partial charge in [0.2, 0.25) is 5.13 Å². The number of hydrogen-bond donors (Lipinski definition) is 1. The summed E-state index contributed by atoms with van der Waals surface area (Å²) >= 11 is 1.46. The predicted octanol–water partition coefficient (Wildman–Crippen LogP) is 1.41. The van der Waals surface area contributed by atoms with E-state index in [2.05, 4.69) is 21.3 Å². The fourth-order valence-corrected chi connectivity index (χ4v) is 1.87. The molecule has 0 unspecified atom stereocenters. The van der Waals surface area contributed by atoms with Gasteiger partial charge in [-0.3, -0.25) is 0 Å². The molecule has 1 aromatic rings. The quantitative estimate of drug-likeness (QED) is 0.727. The molecule has 0 aliphatic rings. The third kappa shape index (κ3) is 3.59. The van der Waals surface area contributed by atoms with Crippen LogP contribution in [0.1, 0.15) is 25.1 Å². The molecule has 0 radical (unpaired) electrons.